The second-order valence-corrected chi connectivity index (χ2v) is 5.48. The number of hydrogen-bond donors (Lipinski definition) is 2. The van der Waals surface area contributed by atoms with Crippen molar-refractivity contribution in [2.24, 2.45) is 0 Å². The van der Waals surface area contributed by atoms with Crippen LogP contribution < -0.4 is 0 Å². The van der Waals surface area contributed by atoms with Crippen LogP contribution in [0.3, 0.4) is 0 Å². The Kier molecular flexibility index (Phi) is 3.62. The maximum atomic E-state index is 10.6. The zero-order valence-electron chi connectivity index (χ0n) is 7.00. The fourth-order valence-electron chi connectivity index (χ4n) is 0.740. The highest BCUT2D eigenvalue weighted by atomic mass is 32.2. The van der Waals surface area contributed by atoms with Gasteiger partial charge in [-0.3, -0.25) is 9.11 Å². The van der Waals surface area contributed by atoms with Gasteiger partial charge in [-0.25, -0.2) is 0 Å². The highest BCUT2D eigenvalue weighted by Crippen LogP contribution is 2.15. The molecule has 0 saturated carbocycles. The molecule has 0 heterocycles. The van der Waals surface area contributed by atoms with Crippen molar-refractivity contribution in [1.82, 2.24) is 0 Å². The van der Waals surface area contributed by atoms with Crippen LogP contribution >= 0.6 is 0 Å². The molecule has 2 N–H and O–H groups in total. The minimum Gasteiger partial charge on any atom is -0.285 e. The van der Waals surface area contributed by atoms with Crippen LogP contribution in [0, 0.1) is 0 Å². The third-order valence-corrected chi connectivity index (χ3v) is 3.91. The quantitative estimate of drug-likeness (QED) is 0.663. The van der Waals surface area contributed by atoms with Gasteiger partial charge in [-0.05, 0) is 13.8 Å². The standard InChI is InChI=1S/C5H10O6S2/c1-3-5(13(9,10)11)4(2)12(6,7)8/h3-4H,1-2H3,(H,6,7,8)(H,9,10,11). The normalized spacial score (nSPS) is 17.1. The molecule has 0 aliphatic heterocycles. The Labute approximate surface area is 76.8 Å². The van der Waals surface area contributed by atoms with E-state index in [2.05, 4.69) is 0 Å². The fourth-order valence-corrected chi connectivity index (χ4v) is 2.62. The lowest BCUT2D eigenvalue weighted by Gasteiger charge is -2.08. The molecule has 8 heteroatoms. The van der Waals surface area contributed by atoms with E-state index in [-0.39, 0.29) is 0 Å². The van der Waals surface area contributed by atoms with E-state index < -0.39 is 30.4 Å². The summed E-state index contributed by atoms with van der Waals surface area (Å²) < 4.78 is 59.2. The van der Waals surface area contributed by atoms with Crippen molar-refractivity contribution in [3.63, 3.8) is 0 Å². The lowest BCUT2D eigenvalue weighted by Crippen LogP contribution is -2.23. The molecule has 0 aromatic heterocycles. The minimum atomic E-state index is -4.58. The van der Waals surface area contributed by atoms with Gasteiger partial charge in [-0.15, -0.1) is 0 Å². The van der Waals surface area contributed by atoms with Crippen LogP contribution in [0.1, 0.15) is 13.8 Å². The molecule has 0 rings (SSSR count). The minimum absolute atomic E-state index is 0.741. The third kappa shape index (κ3) is 3.43. The highest BCUT2D eigenvalue weighted by molar-refractivity contribution is 7.93. The maximum absolute atomic E-state index is 10.6. The zero-order valence-corrected chi connectivity index (χ0v) is 8.63. The largest absolute Gasteiger partial charge is 0.291 e. The summed E-state index contributed by atoms with van der Waals surface area (Å²) in [5.41, 5.74) is 0. The molecule has 0 fully saturated rings. The summed E-state index contributed by atoms with van der Waals surface area (Å²) in [5, 5.41) is -1.66. The predicted octanol–water partition coefficient (Wildman–Crippen LogP) is 0.0543. The van der Waals surface area contributed by atoms with E-state index in [0.29, 0.717) is 0 Å². The topological polar surface area (TPSA) is 109 Å². The summed E-state index contributed by atoms with van der Waals surface area (Å²) in [7, 11) is -9.08. The number of allylic oxidation sites excluding steroid dienone is 1. The van der Waals surface area contributed by atoms with E-state index in [1.807, 2.05) is 0 Å². The smallest absolute Gasteiger partial charge is 0.285 e. The second-order valence-electron chi connectivity index (χ2n) is 2.32. The monoisotopic (exact) mass is 230 g/mol. The molecule has 1 unspecified atom stereocenters. The highest BCUT2D eigenvalue weighted by Gasteiger charge is 2.29. The van der Waals surface area contributed by atoms with Crippen molar-refractivity contribution >= 4 is 20.2 Å². The Morgan fingerprint density at radius 1 is 1.23 bits per heavy atom. The SMILES string of the molecule is CC=C(C(C)S(=O)(=O)O)S(=O)(=O)O. The molecule has 78 valence electrons. The van der Waals surface area contributed by atoms with Crippen molar-refractivity contribution in [2.75, 3.05) is 0 Å². The lowest BCUT2D eigenvalue weighted by molar-refractivity contribution is 0.468. The first kappa shape index (κ1) is 12.6. The van der Waals surface area contributed by atoms with Crippen LogP contribution in [0.5, 0.6) is 0 Å². The summed E-state index contributed by atoms with van der Waals surface area (Å²) in [5.74, 6) is 0. The Balaban J connectivity index is 5.33. The molecule has 6 nitrogen and oxygen atoms in total. The van der Waals surface area contributed by atoms with Crippen molar-refractivity contribution in [2.45, 2.75) is 19.1 Å². The van der Waals surface area contributed by atoms with Gasteiger partial charge in [0.2, 0.25) is 0 Å². The summed E-state index contributed by atoms with van der Waals surface area (Å²) >= 11 is 0. The first-order valence-electron chi connectivity index (χ1n) is 3.20. The molecule has 0 aromatic rings. The van der Waals surface area contributed by atoms with E-state index in [4.69, 9.17) is 9.11 Å². The van der Waals surface area contributed by atoms with Crippen LogP contribution in [-0.2, 0) is 20.2 Å². The van der Waals surface area contributed by atoms with Gasteiger partial charge in [-0.2, -0.15) is 16.8 Å². The van der Waals surface area contributed by atoms with Crippen molar-refractivity contribution in [1.29, 1.82) is 0 Å². The van der Waals surface area contributed by atoms with Gasteiger partial charge in [0.1, 0.15) is 5.25 Å². The van der Waals surface area contributed by atoms with Gasteiger partial charge in [-0.1, -0.05) is 6.08 Å². The Morgan fingerprint density at radius 3 is 1.69 bits per heavy atom. The maximum Gasteiger partial charge on any atom is 0.291 e. The molecule has 0 aliphatic rings. The molecule has 0 aliphatic carbocycles. The molecular weight excluding hydrogens is 220 g/mol. The van der Waals surface area contributed by atoms with Gasteiger partial charge in [0.15, 0.2) is 0 Å². The van der Waals surface area contributed by atoms with E-state index >= 15 is 0 Å². The molecular formula is C5H10O6S2. The van der Waals surface area contributed by atoms with Crippen LogP contribution in [0.4, 0.5) is 0 Å². The van der Waals surface area contributed by atoms with Gasteiger partial charge in [0, 0.05) is 0 Å². The Hall–Kier alpha value is -0.440. The molecule has 0 saturated heterocycles. The molecule has 1 atom stereocenters. The molecule has 0 bridgehead atoms. The summed E-state index contributed by atoms with van der Waals surface area (Å²) in [6.07, 6.45) is 0.910. The molecule has 0 radical (unpaired) electrons. The third-order valence-electron chi connectivity index (χ3n) is 1.43. The molecule has 0 amide bonds. The second kappa shape index (κ2) is 3.74. The predicted molar refractivity (Wildman–Crippen MR) is 46.3 cm³/mol. The average Bonchev–Trinajstić information content (AvgIpc) is 1.83. The number of hydrogen-bond acceptors (Lipinski definition) is 4. The zero-order chi connectivity index (χ0) is 10.9. The molecule has 0 aromatic carbocycles. The number of rotatable bonds is 3. The van der Waals surface area contributed by atoms with Crippen molar-refractivity contribution in [3.8, 4) is 0 Å². The molecule has 13 heavy (non-hydrogen) atoms. The van der Waals surface area contributed by atoms with Crippen LogP contribution in [0.25, 0.3) is 0 Å². The fraction of sp³-hybridized carbons (Fsp3) is 0.600. The summed E-state index contributed by atoms with van der Waals surface area (Å²) in [6.45, 7) is 2.20. The average molecular weight is 230 g/mol. The van der Waals surface area contributed by atoms with Gasteiger partial charge in [0.25, 0.3) is 20.2 Å². The van der Waals surface area contributed by atoms with E-state index in [1.165, 1.54) is 6.92 Å². The van der Waals surface area contributed by atoms with Gasteiger partial charge in [0.05, 0.1) is 4.91 Å². The van der Waals surface area contributed by atoms with Crippen molar-refractivity contribution < 1.29 is 25.9 Å². The van der Waals surface area contributed by atoms with Crippen LogP contribution in [0.15, 0.2) is 11.0 Å². The first-order chi connectivity index (χ1) is 5.60. The van der Waals surface area contributed by atoms with E-state index in [1.54, 1.807) is 0 Å². The summed E-state index contributed by atoms with van der Waals surface area (Å²) in [6, 6.07) is 0. The Morgan fingerprint density at radius 2 is 1.62 bits per heavy atom. The molecule has 0 spiro atoms. The van der Waals surface area contributed by atoms with E-state index in [0.717, 1.165) is 13.0 Å². The lowest BCUT2D eigenvalue weighted by atomic mass is 10.4. The van der Waals surface area contributed by atoms with Crippen LogP contribution in [0.2, 0.25) is 0 Å². The summed E-state index contributed by atoms with van der Waals surface area (Å²) in [4.78, 5) is -0.741. The van der Waals surface area contributed by atoms with Gasteiger partial charge < -0.3 is 0 Å². The first-order valence-corrected chi connectivity index (χ1v) is 6.15. The van der Waals surface area contributed by atoms with Crippen molar-refractivity contribution in [3.05, 3.63) is 11.0 Å². The van der Waals surface area contributed by atoms with E-state index in [9.17, 15) is 16.8 Å². The van der Waals surface area contributed by atoms with Gasteiger partial charge >= 0.3 is 0 Å². The Bertz CT molecular complexity index is 400. The van der Waals surface area contributed by atoms with Crippen LogP contribution in [-0.4, -0.2) is 31.2 Å².